The van der Waals surface area contributed by atoms with Gasteiger partial charge < -0.3 is 19.5 Å². The van der Waals surface area contributed by atoms with Gasteiger partial charge in [0, 0.05) is 17.8 Å². The van der Waals surface area contributed by atoms with Crippen LogP contribution in [0.2, 0.25) is 0 Å². The van der Waals surface area contributed by atoms with Crippen LogP contribution in [0.5, 0.6) is 17.2 Å². The van der Waals surface area contributed by atoms with Crippen molar-refractivity contribution in [3.63, 3.8) is 0 Å². The summed E-state index contributed by atoms with van der Waals surface area (Å²) in [6.45, 7) is -0.133. The molecule has 1 aliphatic rings. The Morgan fingerprint density at radius 3 is 2.48 bits per heavy atom. The van der Waals surface area contributed by atoms with E-state index in [4.69, 9.17) is 14.2 Å². The monoisotopic (exact) mass is 543 g/mol. The summed E-state index contributed by atoms with van der Waals surface area (Å²) in [6, 6.07) is 18.9. The first kappa shape index (κ1) is 27.0. The zero-order valence-electron chi connectivity index (χ0n) is 22.9. The van der Waals surface area contributed by atoms with E-state index in [1.165, 1.54) is 12.0 Å². The zero-order chi connectivity index (χ0) is 28.1. The van der Waals surface area contributed by atoms with Gasteiger partial charge in [0.2, 0.25) is 11.8 Å². The number of nitrogens with one attached hydrogen (secondary N) is 1. The first-order valence-electron chi connectivity index (χ1n) is 13.3. The third-order valence-electron chi connectivity index (χ3n) is 7.24. The highest BCUT2D eigenvalue weighted by atomic mass is 16.5. The molecular formula is C30H33N5O5. The molecule has 4 aromatic rings. The van der Waals surface area contributed by atoms with Crippen LogP contribution in [0.4, 0.5) is 5.69 Å². The summed E-state index contributed by atoms with van der Waals surface area (Å²) in [5.41, 5.74) is 2.48. The fraction of sp³-hybridized carbons (Fsp3) is 0.333. The van der Waals surface area contributed by atoms with Crippen LogP contribution < -0.4 is 24.4 Å². The maximum Gasteiger partial charge on any atom is 0.249 e. The summed E-state index contributed by atoms with van der Waals surface area (Å²) in [5.74, 6) is 0.904. The van der Waals surface area contributed by atoms with Gasteiger partial charge in [-0.3, -0.25) is 14.5 Å². The number of para-hydroxylation sites is 1. The molecule has 40 heavy (non-hydrogen) atoms. The molecule has 3 aromatic carbocycles. The van der Waals surface area contributed by atoms with Crippen molar-refractivity contribution in [3.05, 3.63) is 72.3 Å². The third kappa shape index (κ3) is 5.56. The first-order valence-corrected chi connectivity index (χ1v) is 13.3. The normalized spacial score (nSPS) is 14.1. The van der Waals surface area contributed by atoms with Crippen LogP contribution in [0.25, 0.3) is 11.0 Å². The van der Waals surface area contributed by atoms with Crippen LogP contribution in [-0.4, -0.2) is 54.2 Å². The molecule has 0 aliphatic heterocycles. The molecule has 10 heteroatoms. The van der Waals surface area contributed by atoms with Gasteiger partial charge in [0.25, 0.3) is 0 Å². The van der Waals surface area contributed by atoms with Crippen molar-refractivity contribution >= 4 is 28.5 Å². The van der Waals surface area contributed by atoms with Crippen molar-refractivity contribution in [2.75, 3.05) is 26.2 Å². The molecule has 10 nitrogen and oxygen atoms in total. The molecule has 1 heterocycles. The molecule has 1 aliphatic carbocycles. The van der Waals surface area contributed by atoms with E-state index in [0.29, 0.717) is 34.0 Å². The average molecular weight is 544 g/mol. The topological polar surface area (TPSA) is 108 Å². The number of hydrogen-bond acceptors (Lipinski definition) is 7. The Hall–Kier alpha value is -4.60. The molecule has 1 aromatic heterocycles. The van der Waals surface area contributed by atoms with Crippen LogP contribution in [0, 0.1) is 0 Å². The number of hydrogen-bond donors (Lipinski definition) is 1. The number of carbonyl (C=O) groups excluding carboxylic acids is 2. The van der Waals surface area contributed by atoms with Gasteiger partial charge in [-0.05, 0) is 54.8 Å². The summed E-state index contributed by atoms with van der Waals surface area (Å²) in [5, 5.41) is 11.6. The predicted molar refractivity (Wildman–Crippen MR) is 151 cm³/mol. The molecule has 1 atom stereocenters. The molecule has 0 spiro atoms. The SMILES string of the molecule is COc1cccc([C@H](C(=O)NC2CCCC2)N(C(=O)Cn2nnc3ccccc32)c2ccc(OC)c(OC)c2)c1. The van der Waals surface area contributed by atoms with Crippen molar-refractivity contribution in [2.24, 2.45) is 0 Å². The van der Waals surface area contributed by atoms with E-state index in [1.54, 1.807) is 49.2 Å². The summed E-state index contributed by atoms with van der Waals surface area (Å²) in [6.07, 6.45) is 3.94. The van der Waals surface area contributed by atoms with Crippen LogP contribution in [0.1, 0.15) is 37.3 Å². The average Bonchev–Trinajstić information content (AvgIpc) is 3.65. The smallest absolute Gasteiger partial charge is 0.249 e. The van der Waals surface area contributed by atoms with Gasteiger partial charge in [-0.2, -0.15) is 0 Å². The Kier molecular flexibility index (Phi) is 8.14. The minimum Gasteiger partial charge on any atom is -0.497 e. The second-order valence-corrected chi connectivity index (χ2v) is 9.71. The molecule has 1 fully saturated rings. The van der Waals surface area contributed by atoms with Crippen LogP contribution in [0.3, 0.4) is 0 Å². The predicted octanol–water partition coefficient (Wildman–Crippen LogP) is 4.29. The quantitative estimate of drug-likeness (QED) is 0.318. The number of methoxy groups -OCH3 is 3. The number of benzene rings is 3. The molecule has 1 saturated carbocycles. The molecule has 0 radical (unpaired) electrons. The van der Waals surface area contributed by atoms with Crippen molar-refractivity contribution in [1.82, 2.24) is 20.3 Å². The van der Waals surface area contributed by atoms with E-state index >= 15 is 0 Å². The number of ether oxygens (including phenoxy) is 3. The summed E-state index contributed by atoms with van der Waals surface area (Å²) >= 11 is 0. The van der Waals surface area contributed by atoms with E-state index < -0.39 is 6.04 Å². The summed E-state index contributed by atoms with van der Waals surface area (Å²) in [4.78, 5) is 29.8. The number of aromatic nitrogens is 3. The first-order chi connectivity index (χ1) is 19.5. The fourth-order valence-electron chi connectivity index (χ4n) is 5.23. The van der Waals surface area contributed by atoms with Gasteiger partial charge in [0.1, 0.15) is 23.9 Å². The molecular weight excluding hydrogens is 510 g/mol. The van der Waals surface area contributed by atoms with Crippen LogP contribution >= 0.6 is 0 Å². The van der Waals surface area contributed by atoms with Crippen LogP contribution in [0.15, 0.2) is 66.7 Å². The van der Waals surface area contributed by atoms with Crippen molar-refractivity contribution in [1.29, 1.82) is 0 Å². The van der Waals surface area contributed by atoms with Crippen molar-refractivity contribution < 1.29 is 23.8 Å². The Morgan fingerprint density at radius 2 is 1.73 bits per heavy atom. The molecule has 0 bridgehead atoms. The highest BCUT2D eigenvalue weighted by molar-refractivity contribution is 6.02. The fourth-order valence-corrected chi connectivity index (χ4v) is 5.23. The van der Waals surface area contributed by atoms with Gasteiger partial charge in [0.05, 0.1) is 26.8 Å². The van der Waals surface area contributed by atoms with E-state index in [0.717, 1.165) is 31.2 Å². The number of fused-ring (bicyclic) bond motifs is 1. The lowest BCUT2D eigenvalue weighted by atomic mass is 10.0. The number of carbonyl (C=O) groups is 2. The lowest BCUT2D eigenvalue weighted by molar-refractivity contribution is -0.127. The lowest BCUT2D eigenvalue weighted by Crippen LogP contribution is -2.47. The van der Waals surface area contributed by atoms with Crippen molar-refractivity contribution in [3.8, 4) is 17.2 Å². The molecule has 1 N–H and O–H groups in total. The lowest BCUT2D eigenvalue weighted by Gasteiger charge is -2.33. The van der Waals surface area contributed by atoms with E-state index in [-0.39, 0.29) is 24.4 Å². The Balaban J connectivity index is 1.62. The summed E-state index contributed by atoms with van der Waals surface area (Å²) in [7, 11) is 4.64. The van der Waals surface area contributed by atoms with Crippen LogP contribution in [-0.2, 0) is 16.1 Å². The second kappa shape index (κ2) is 12.1. The number of anilines is 1. The summed E-state index contributed by atoms with van der Waals surface area (Å²) < 4.78 is 18.0. The minimum absolute atomic E-state index is 0.0576. The largest absolute Gasteiger partial charge is 0.497 e. The second-order valence-electron chi connectivity index (χ2n) is 9.71. The molecule has 2 amide bonds. The standard InChI is InChI=1S/C30H33N5O5/c1-38-23-12-8-9-20(17-23)29(30(37)31-21-10-4-5-11-21)35(22-15-16-26(39-2)27(18-22)40-3)28(36)19-34-25-14-7-6-13-24(25)32-33-34/h6-9,12-18,21,29H,4-5,10-11,19H2,1-3H3,(H,31,37)/t29-/m1/s1. The molecule has 5 rings (SSSR count). The third-order valence-corrected chi connectivity index (χ3v) is 7.24. The zero-order valence-corrected chi connectivity index (χ0v) is 22.9. The maximum absolute atomic E-state index is 14.3. The minimum atomic E-state index is -0.990. The van der Waals surface area contributed by atoms with Gasteiger partial charge in [-0.15, -0.1) is 5.10 Å². The van der Waals surface area contributed by atoms with Gasteiger partial charge in [0.15, 0.2) is 11.5 Å². The Bertz CT molecular complexity index is 1500. The number of nitrogens with zero attached hydrogens (tertiary/aromatic N) is 4. The maximum atomic E-state index is 14.3. The van der Waals surface area contributed by atoms with Crippen molar-refractivity contribution in [2.45, 2.75) is 44.3 Å². The van der Waals surface area contributed by atoms with Gasteiger partial charge in [-0.1, -0.05) is 42.3 Å². The Labute approximate surface area is 232 Å². The molecule has 208 valence electrons. The van der Waals surface area contributed by atoms with E-state index in [9.17, 15) is 9.59 Å². The van der Waals surface area contributed by atoms with E-state index in [1.807, 2.05) is 36.4 Å². The number of amides is 2. The highest BCUT2D eigenvalue weighted by Gasteiger charge is 2.35. The Morgan fingerprint density at radius 1 is 0.950 bits per heavy atom. The molecule has 0 unspecified atom stereocenters. The number of rotatable bonds is 10. The highest BCUT2D eigenvalue weighted by Crippen LogP contribution is 2.36. The van der Waals surface area contributed by atoms with E-state index in [2.05, 4.69) is 15.6 Å². The molecule has 0 saturated heterocycles. The van der Waals surface area contributed by atoms with Gasteiger partial charge >= 0.3 is 0 Å². The van der Waals surface area contributed by atoms with Gasteiger partial charge in [-0.25, -0.2) is 4.68 Å².